The molecule has 166 valence electrons. The summed E-state index contributed by atoms with van der Waals surface area (Å²) in [6, 6.07) is 6.43. The number of nitrogens with one attached hydrogen (secondary N) is 1. The van der Waals surface area contributed by atoms with Crippen LogP contribution < -0.4 is 15.8 Å². The second-order valence-electron chi connectivity index (χ2n) is 6.80. The van der Waals surface area contributed by atoms with Gasteiger partial charge in [0, 0.05) is 30.1 Å². The van der Waals surface area contributed by atoms with E-state index in [0.29, 0.717) is 0 Å². The maximum Gasteiger partial charge on any atom is 0.433 e. The molecule has 1 aliphatic rings. The largest absolute Gasteiger partial charge is 0.489 e. The number of hydrogen-bond acceptors (Lipinski definition) is 7. The molecule has 3 rings (SSSR count). The smallest absolute Gasteiger partial charge is 0.433 e. The average molecular weight is 438 g/mol. The van der Waals surface area contributed by atoms with Gasteiger partial charge in [0.1, 0.15) is 18.1 Å². The number of nitrogen functional groups attached to an aromatic ring is 1. The van der Waals surface area contributed by atoms with Gasteiger partial charge in [-0.2, -0.15) is 13.2 Å². The molecule has 1 aliphatic heterocycles. The van der Waals surface area contributed by atoms with Gasteiger partial charge in [-0.15, -0.1) is 0 Å². The Labute approximate surface area is 175 Å². The number of aliphatic imine (C=N–C) groups is 1. The number of aliphatic hydroxyl groups excluding tert-OH is 1. The summed E-state index contributed by atoms with van der Waals surface area (Å²) in [6.45, 7) is -0.110. The molecule has 0 radical (unpaired) electrons. The summed E-state index contributed by atoms with van der Waals surface area (Å²) in [6.07, 6.45) is -4.39. The molecule has 1 saturated heterocycles. The Morgan fingerprint density at radius 2 is 2.16 bits per heavy atom. The molecule has 2 aromatic rings. The standard InChI is InChI=1S/C20H21F3N4O4/c1-25-17(19(29)27-15-9-30-10-16(15)28)13-7-12(4-5-14(13)24)31-8-11-3-2-6-26-18(11)20(21,22)23/h2-7,15-16,28H,8-10,24H2,1H3,(H,27,29). The minimum atomic E-state index is -4.61. The Balaban J connectivity index is 1.78. The number of carbonyl (C=O) groups is 1. The fourth-order valence-corrected chi connectivity index (χ4v) is 3.06. The number of anilines is 1. The molecular formula is C20H21F3N4O4. The van der Waals surface area contributed by atoms with E-state index in [-0.39, 0.29) is 48.1 Å². The molecule has 1 aromatic heterocycles. The molecular weight excluding hydrogens is 417 g/mol. The minimum absolute atomic E-state index is 0.0144. The van der Waals surface area contributed by atoms with Gasteiger partial charge in [-0.1, -0.05) is 6.07 Å². The van der Waals surface area contributed by atoms with Crippen LogP contribution in [0.25, 0.3) is 0 Å². The Bertz CT molecular complexity index is 981. The topological polar surface area (TPSA) is 119 Å². The number of amides is 1. The van der Waals surface area contributed by atoms with Crippen molar-refractivity contribution in [3.05, 3.63) is 53.3 Å². The van der Waals surface area contributed by atoms with Crippen LogP contribution in [-0.2, 0) is 22.3 Å². The van der Waals surface area contributed by atoms with Gasteiger partial charge in [-0.3, -0.25) is 14.8 Å². The molecule has 0 saturated carbocycles. The third kappa shape index (κ3) is 5.30. The van der Waals surface area contributed by atoms with Crippen LogP contribution in [0.4, 0.5) is 18.9 Å². The maximum absolute atomic E-state index is 13.1. The summed E-state index contributed by atoms with van der Waals surface area (Å²) in [5.41, 5.74) is 5.27. The maximum atomic E-state index is 13.1. The van der Waals surface area contributed by atoms with Gasteiger partial charge in [0.25, 0.3) is 5.91 Å². The summed E-state index contributed by atoms with van der Waals surface area (Å²) in [5.74, 6) is -0.383. The SMILES string of the molecule is CN=C(C(=O)NC1COCC1O)c1cc(OCc2cccnc2C(F)(F)F)ccc1N. The second-order valence-corrected chi connectivity index (χ2v) is 6.80. The zero-order valence-electron chi connectivity index (χ0n) is 16.5. The van der Waals surface area contributed by atoms with Gasteiger partial charge in [-0.05, 0) is 24.3 Å². The van der Waals surface area contributed by atoms with Gasteiger partial charge in [-0.25, -0.2) is 0 Å². The predicted octanol–water partition coefficient (Wildman–Crippen LogP) is 1.56. The zero-order valence-corrected chi connectivity index (χ0v) is 16.5. The van der Waals surface area contributed by atoms with Gasteiger partial charge < -0.3 is 25.6 Å². The molecule has 1 fully saturated rings. The Morgan fingerprint density at radius 3 is 2.81 bits per heavy atom. The highest BCUT2D eigenvalue weighted by Gasteiger charge is 2.35. The molecule has 11 heteroatoms. The fraction of sp³-hybridized carbons (Fsp3) is 0.350. The van der Waals surface area contributed by atoms with Crippen LogP contribution in [-0.4, -0.2) is 54.1 Å². The lowest BCUT2D eigenvalue weighted by molar-refractivity contribution is -0.142. The van der Waals surface area contributed by atoms with Crippen LogP contribution in [0.2, 0.25) is 0 Å². The van der Waals surface area contributed by atoms with Crippen LogP contribution in [0.1, 0.15) is 16.8 Å². The van der Waals surface area contributed by atoms with Crippen molar-refractivity contribution in [2.45, 2.75) is 24.9 Å². The third-order valence-corrected chi connectivity index (χ3v) is 4.64. The number of rotatable bonds is 6. The predicted molar refractivity (Wildman–Crippen MR) is 106 cm³/mol. The number of halogens is 3. The van der Waals surface area contributed by atoms with Crippen LogP contribution in [0, 0.1) is 0 Å². The van der Waals surface area contributed by atoms with Crippen molar-refractivity contribution in [3.8, 4) is 5.75 Å². The highest BCUT2D eigenvalue weighted by atomic mass is 19.4. The van der Waals surface area contributed by atoms with Crippen LogP contribution in [0.5, 0.6) is 5.75 Å². The van der Waals surface area contributed by atoms with E-state index < -0.39 is 29.9 Å². The van der Waals surface area contributed by atoms with Crippen molar-refractivity contribution in [2.75, 3.05) is 26.0 Å². The first-order chi connectivity index (χ1) is 14.7. The molecule has 0 bridgehead atoms. The van der Waals surface area contributed by atoms with Crippen LogP contribution in [0.3, 0.4) is 0 Å². The number of ether oxygens (including phenoxy) is 2. The molecule has 1 amide bonds. The second kappa shape index (κ2) is 9.31. The number of nitrogens with two attached hydrogens (primary N) is 1. The first kappa shape index (κ1) is 22.5. The molecule has 2 atom stereocenters. The van der Waals surface area contributed by atoms with E-state index in [1.807, 2.05) is 0 Å². The molecule has 0 spiro atoms. The molecule has 0 aliphatic carbocycles. The summed E-state index contributed by atoms with van der Waals surface area (Å²) in [4.78, 5) is 20.0. The van der Waals surface area contributed by atoms with E-state index in [9.17, 15) is 23.1 Å². The normalized spacial score (nSPS) is 19.3. The van der Waals surface area contributed by atoms with Gasteiger partial charge in [0.05, 0.1) is 25.4 Å². The molecule has 8 nitrogen and oxygen atoms in total. The highest BCUT2D eigenvalue weighted by molar-refractivity contribution is 6.46. The number of alkyl halides is 3. The molecule has 4 N–H and O–H groups in total. The van der Waals surface area contributed by atoms with E-state index in [1.54, 1.807) is 0 Å². The number of benzene rings is 1. The summed E-state index contributed by atoms with van der Waals surface area (Å²) in [7, 11) is 1.40. The summed E-state index contributed by atoms with van der Waals surface area (Å²) in [5, 5.41) is 12.4. The summed E-state index contributed by atoms with van der Waals surface area (Å²) >= 11 is 0. The third-order valence-electron chi connectivity index (χ3n) is 4.64. The quantitative estimate of drug-likeness (QED) is 0.465. The van der Waals surface area contributed by atoms with E-state index in [2.05, 4.69) is 15.3 Å². The van der Waals surface area contributed by atoms with Gasteiger partial charge in [0.15, 0.2) is 5.69 Å². The Kier molecular flexibility index (Phi) is 6.76. The van der Waals surface area contributed by atoms with Crippen molar-refractivity contribution < 1.29 is 32.5 Å². The molecule has 2 heterocycles. The summed E-state index contributed by atoms with van der Waals surface area (Å²) < 4.78 is 49.9. The monoisotopic (exact) mass is 438 g/mol. The Hall–Kier alpha value is -3.18. The van der Waals surface area contributed by atoms with E-state index in [4.69, 9.17) is 15.2 Å². The lowest BCUT2D eigenvalue weighted by Gasteiger charge is -2.17. The minimum Gasteiger partial charge on any atom is -0.489 e. The number of pyridine rings is 1. The average Bonchev–Trinajstić information content (AvgIpc) is 3.12. The number of aliphatic hydroxyl groups is 1. The molecule has 1 aromatic carbocycles. The van der Waals surface area contributed by atoms with E-state index in [0.717, 1.165) is 6.20 Å². The fourth-order valence-electron chi connectivity index (χ4n) is 3.06. The Morgan fingerprint density at radius 1 is 1.39 bits per heavy atom. The first-order valence-corrected chi connectivity index (χ1v) is 9.28. The number of hydrogen-bond donors (Lipinski definition) is 3. The van der Waals surface area contributed by atoms with Crippen LogP contribution in [0.15, 0.2) is 41.5 Å². The lowest BCUT2D eigenvalue weighted by atomic mass is 10.1. The van der Waals surface area contributed by atoms with Crippen LogP contribution >= 0.6 is 0 Å². The van der Waals surface area contributed by atoms with Crippen molar-refractivity contribution in [2.24, 2.45) is 4.99 Å². The first-order valence-electron chi connectivity index (χ1n) is 9.28. The van der Waals surface area contributed by atoms with Gasteiger partial charge >= 0.3 is 6.18 Å². The van der Waals surface area contributed by atoms with Gasteiger partial charge in [0.2, 0.25) is 0 Å². The van der Waals surface area contributed by atoms with Crippen molar-refractivity contribution in [1.82, 2.24) is 10.3 Å². The zero-order chi connectivity index (χ0) is 22.6. The molecule has 31 heavy (non-hydrogen) atoms. The van der Waals surface area contributed by atoms with Crippen molar-refractivity contribution in [3.63, 3.8) is 0 Å². The van der Waals surface area contributed by atoms with E-state index in [1.165, 1.54) is 37.4 Å². The number of carbonyl (C=O) groups excluding carboxylic acids is 1. The number of aromatic nitrogens is 1. The molecule has 2 unspecified atom stereocenters. The highest BCUT2D eigenvalue weighted by Crippen LogP contribution is 2.31. The lowest BCUT2D eigenvalue weighted by Crippen LogP contribution is -2.45. The van der Waals surface area contributed by atoms with Crippen molar-refractivity contribution >= 4 is 17.3 Å². The van der Waals surface area contributed by atoms with Crippen molar-refractivity contribution in [1.29, 1.82) is 0 Å². The number of nitrogens with zero attached hydrogens (tertiary/aromatic N) is 2. The van der Waals surface area contributed by atoms with E-state index >= 15 is 0 Å².